The maximum Gasteiger partial charge on any atom is 0.128 e. The van der Waals surface area contributed by atoms with Crippen LogP contribution in [-0.4, -0.2) is 23.5 Å². The Kier molecular flexibility index (Phi) is 4.08. The van der Waals surface area contributed by atoms with E-state index in [0.29, 0.717) is 6.04 Å². The van der Waals surface area contributed by atoms with Gasteiger partial charge in [0.25, 0.3) is 0 Å². The number of halogens is 1. The number of nitrogens with zero attached hydrogens (tertiary/aromatic N) is 1. The maximum absolute atomic E-state index is 14.2. The Bertz CT molecular complexity index is 460. The number of hydrogen-bond acceptors (Lipinski definition) is 2. The Morgan fingerprint density at radius 2 is 1.95 bits per heavy atom. The average molecular weight is 276 g/mol. The molecule has 20 heavy (non-hydrogen) atoms. The summed E-state index contributed by atoms with van der Waals surface area (Å²) in [4.78, 5) is 2.49. The Morgan fingerprint density at radius 3 is 2.70 bits per heavy atom. The fourth-order valence-electron chi connectivity index (χ4n) is 4.27. The van der Waals surface area contributed by atoms with Crippen LogP contribution in [0.4, 0.5) is 4.39 Å². The van der Waals surface area contributed by atoms with Crippen LogP contribution < -0.4 is 5.73 Å². The molecule has 0 radical (unpaired) electrons. The highest BCUT2D eigenvalue weighted by Crippen LogP contribution is 2.41. The van der Waals surface area contributed by atoms with Gasteiger partial charge in [-0.25, -0.2) is 4.39 Å². The molecule has 1 aliphatic heterocycles. The second-order valence-electron chi connectivity index (χ2n) is 6.46. The third-order valence-corrected chi connectivity index (χ3v) is 5.13. The monoisotopic (exact) mass is 276 g/mol. The standard InChI is InChI=1S/C17H25FN2/c1-12(19)17(14-7-3-4-8-15(14)18)20-11-10-13-6-2-5-9-16(13)20/h3-4,7-8,12-13,16-17H,2,5-6,9-11,19H2,1H3. The van der Waals surface area contributed by atoms with Crippen LogP contribution in [0.1, 0.15) is 50.6 Å². The van der Waals surface area contributed by atoms with Crippen LogP contribution in [0.3, 0.4) is 0 Å². The lowest BCUT2D eigenvalue weighted by Crippen LogP contribution is -2.44. The van der Waals surface area contributed by atoms with Crippen molar-refractivity contribution in [3.8, 4) is 0 Å². The summed E-state index contributed by atoms with van der Waals surface area (Å²) >= 11 is 0. The zero-order chi connectivity index (χ0) is 14.1. The van der Waals surface area contributed by atoms with Gasteiger partial charge in [-0.1, -0.05) is 31.0 Å². The molecule has 0 bridgehead atoms. The molecule has 4 atom stereocenters. The van der Waals surface area contributed by atoms with Crippen LogP contribution in [0.5, 0.6) is 0 Å². The van der Waals surface area contributed by atoms with Crippen molar-refractivity contribution in [2.24, 2.45) is 11.7 Å². The fraction of sp³-hybridized carbons (Fsp3) is 0.647. The molecule has 2 aliphatic rings. The van der Waals surface area contributed by atoms with Gasteiger partial charge in [-0.15, -0.1) is 0 Å². The molecular weight excluding hydrogens is 251 g/mol. The van der Waals surface area contributed by atoms with E-state index in [9.17, 15) is 4.39 Å². The highest BCUT2D eigenvalue weighted by molar-refractivity contribution is 5.23. The summed E-state index contributed by atoms with van der Waals surface area (Å²) < 4.78 is 14.2. The van der Waals surface area contributed by atoms with Crippen molar-refractivity contribution in [1.29, 1.82) is 0 Å². The Hall–Kier alpha value is -0.930. The van der Waals surface area contributed by atoms with Gasteiger partial charge in [0.05, 0.1) is 6.04 Å². The molecule has 3 rings (SSSR count). The first-order chi connectivity index (χ1) is 9.68. The van der Waals surface area contributed by atoms with E-state index >= 15 is 0 Å². The Labute approximate surface area is 121 Å². The van der Waals surface area contributed by atoms with Crippen LogP contribution in [0, 0.1) is 11.7 Å². The molecule has 1 aliphatic carbocycles. The van der Waals surface area contributed by atoms with Crippen LogP contribution >= 0.6 is 0 Å². The molecule has 1 aromatic rings. The van der Waals surface area contributed by atoms with E-state index in [0.717, 1.165) is 18.0 Å². The molecule has 4 unspecified atom stereocenters. The second kappa shape index (κ2) is 5.82. The van der Waals surface area contributed by atoms with E-state index in [4.69, 9.17) is 5.73 Å². The largest absolute Gasteiger partial charge is 0.326 e. The summed E-state index contributed by atoms with van der Waals surface area (Å²) in [6.07, 6.45) is 6.51. The molecule has 1 aromatic carbocycles. The van der Waals surface area contributed by atoms with Crippen molar-refractivity contribution >= 4 is 0 Å². The van der Waals surface area contributed by atoms with E-state index in [1.807, 2.05) is 19.1 Å². The van der Waals surface area contributed by atoms with E-state index in [-0.39, 0.29) is 17.9 Å². The minimum Gasteiger partial charge on any atom is -0.326 e. The molecule has 0 amide bonds. The molecule has 2 N–H and O–H groups in total. The van der Waals surface area contributed by atoms with Crippen LogP contribution in [-0.2, 0) is 0 Å². The zero-order valence-corrected chi connectivity index (χ0v) is 12.3. The van der Waals surface area contributed by atoms with Gasteiger partial charge in [-0.05, 0) is 44.7 Å². The van der Waals surface area contributed by atoms with Crippen molar-refractivity contribution in [3.63, 3.8) is 0 Å². The third-order valence-electron chi connectivity index (χ3n) is 5.13. The number of hydrogen-bond donors (Lipinski definition) is 1. The minimum atomic E-state index is -0.117. The molecule has 0 spiro atoms. The molecule has 0 aromatic heterocycles. The first kappa shape index (κ1) is 14.0. The van der Waals surface area contributed by atoms with Crippen LogP contribution in [0.15, 0.2) is 24.3 Å². The van der Waals surface area contributed by atoms with Gasteiger partial charge in [-0.2, -0.15) is 0 Å². The normalized spacial score (nSPS) is 29.9. The molecule has 1 saturated carbocycles. The topological polar surface area (TPSA) is 29.3 Å². The van der Waals surface area contributed by atoms with E-state index < -0.39 is 0 Å². The highest BCUT2D eigenvalue weighted by atomic mass is 19.1. The smallest absolute Gasteiger partial charge is 0.128 e. The lowest BCUT2D eigenvalue weighted by Gasteiger charge is -2.39. The predicted molar refractivity (Wildman–Crippen MR) is 79.9 cm³/mol. The molecule has 1 saturated heterocycles. The number of likely N-dealkylation sites (tertiary alicyclic amines) is 1. The number of rotatable bonds is 3. The van der Waals surface area contributed by atoms with Crippen LogP contribution in [0.25, 0.3) is 0 Å². The van der Waals surface area contributed by atoms with Gasteiger partial charge >= 0.3 is 0 Å². The summed E-state index contributed by atoms with van der Waals surface area (Å²) in [6.45, 7) is 3.07. The number of nitrogens with two attached hydrogens (primary N) is 1. The van der Waals surface area contributed by atoms with Crippen molar-refractivity contribution in [3.05, 3.63) is 35.6 Å². The summed E-state index contributed by atoms with van der Waals surface area (Å²) in [5.74, 6) is 0.686. The highest BCUT2D eigenvalue weighted by Gasteiger charge is 2.41. The first-order valence-corrected chi connectivity index (χ1v) is 7.94. The van der Waals surface area contributed by atoms with Gasteiger partial charge < -0.3 is 5.73 Å². The lowest BCUT2D eigenvalue weighted by molar-refractivity contribution is 0.116. The molecule has 110 valence electrons. The van der Waals surface area contributed by atoms with Gasteiger partial charge in [0.15, 0.2) is 0 Å². The Balaban J connectivity index is 1.90. The van der Waals surface area contributed by atoms with Crippen molar-refractivity contribution in [2.75, 3.05) is 6.54 Å². The fourth-order valence-corrected chi connectivity index (χ4v) is 4.27. The average Bonchev–Trinajstić information content (AvgIpc) is 2.85. The quantitative estimate of drug-likeness (QED) is 0.916. The molecule has 2 fully saturated rings. The van der Waals surface area contributed by atoms with Crippen molar-refractivity contribution < 1.29 is 4.39 Å². The van der Waals surface area contributed by atoms with E-state index in [1.54, 1.807) is 12.1 Å². The van der Waals surface area contributed by atoms with Crippen molar-refractivity contribution in [2.45, 2.75) is 57.2 Å². The SMILES string of the molecule is CC(N)C(c1ccccc1F)N1CCC2CCCCC21. The lowest BCUT2D eigenvalue weighted by atomic mass is 9.84. The van der Waals surface area contributed by atoms with Crippen molar-refractivity contribution in [1.82, 2.24) is 4.90 Å². The van der Waals surface area contributed by atoms with E-state index in [1.165, 1.54) is 32.1 Å². The first-order valence-electron chi connectivity index (χ1n) is 7.94. The number of benzene rings is 1. The molecule has 2 nitrogen and oxygen atoms in total. The molecule has 1 heterocycles. The zero-order valence-electron chi connectivity index (χ0n) is 12.3. The Morgan fingerprint density at radius 1 is 1.20 bits per heavy atom. The van der Waals surface area contributed by atoms with Gasteiger partial charge in [0, 0.05) is 17.6 Å². The van der Waals surface area contributed by atoms with Gasteiger partial charge in [0.2, 0.25) is 0 Å². The summed E-state index contributed by atoms with van der Waals surface area (Å²) in [7, 11) is 0. The minimum absolute atomic E-state index is 0.0179. The van der Waals surface area contributed by atoms with Gasteiger partial charge in [0.1, 0.15) is 5.82 Å². The molecule has 3 heteroatoms. The summed E-state index contributed by atoms with van der Waals surface area (Å²) in [5, 5.41) is 0. The summed E-state index contributed by atoms with van der Waals surface area (Å²) in [6, 6.07) is 7.71. The second-order valence-corrected chi connectivity index (χ2v) is 6.46. The molecular formula is C17H25FN2. The van der Waals surface area contributed by atoms with Gasteiger partial charge in [-0.3, -0.25) is 4.90 Å². The third kappa shape index (κ3) is 2.49. The summed E-state index contributed by atoms with van der Waals surface area (Å²) in [5.41, 5.74) is 7.00. The van der Waals surface area contributed by atoms with E-state index in [2.05, 4.69) is 4.90 Å². The van der Waals surface area contributed by atoms with Crippen LogP contribution in [0.2, 0.25) is 0 Å². The number of fused-ring (bicyclic) bond motifs is 1. The predicted octanol–water partition coefficient (Wildman–Crippen LogP) is 3.48. The maximum atomic E-state index is 14.2.